The molecule has 2 heterocycles. The Hall–Kier alpha value is -1.94. The molecule has 1 aliphatic heterocycles. The van der Waals surface area contributed by atoms with E-state index in [1.807, 2.05) is 32.0 Å². The Morgan fingerprint density at radius 3 is 2.95 bits per heavy atom. The molecule has 1 fully saturated rings. The summed E-state index contributed by atoms with van der Waals surface area (Å²) in [5, 5.41) is 10.6. The Bertz CT molecular complexity index is 684. The summed E-state index contributed by atoms with van der Waals surface area (Å²) in [4.78, 5) is 18.1. The highest BCUT2D eigenvalue weighted by atomic mass is 16.4. The van der Waals surface area contributed by atoms with Crippen LogP contribution in [0.2, 0.25) is 0 Å². The Kier molecular flexibility index (Phi) is 3.64. The number of benzene rings is 1. The molecule has 4 nitrogen and oxygen atoms in total. The first-order chi connectivity index (χ1) is 10.1. The Balaban J connectivity index is 1.96. The number of hydrogen-bond donors (Lipinski definition) is 1. The first-order valence-corrected chi connectivity index (χ1v) is 7.38. The third-order valence-corrected chi connectivity index (χ3v) is 4.36. The minimum absolute atomic E-state index is 0.205. The van der Waals surface area contributed by atoms with Gasteiger partial charge >= 0.3 is 5.97 Å². The van der Waals surface area contributed by atoms with Gasteiger partial charge in [-0.1, -0.05) is 25.1 Å². The highest BCUT2D eigenvalue weighted by Gasteiger charge is 2.36. The van der Waals surface area contributed by atoms with Crippen LogP contribution in [-0.4, -0.2) is 33.5 Å². The summed E-state index contributed by atoms with van der Waals surface area (Å²) < 4.78 is 0. The molecule has 1 saturated heterocycles. The van der Waals surface area contributed by atoms with Gasteiger partial charge in [0.1, 0.15) is 6.04 Å². The van der Waals surface area contributed by atoms with Crippen molar-refractivity contribution in [3.05, 3.63) is 41.6 Å². The van der Waals surface area contributed by atoms with E-state index >= 15 is 0 Å². The maximum absolute atomic E-state index is 11.5. The van der Waals surface area contributed by atoms with Crippen molar-refractivity contribution in [2.75, 3.05) is 6.54 Å². The molecule has 1 aromatic heterocycles. The summed E-state index contributed by atoms with van der Waals surface area (Å²) in [5.41, 5.74) is 3.12. The monoisotopic (exact) mass is 284 g/mol. The lowest BCUT2D eigenvalue weighted by Crippen LogP contribution is -2.38. The molecule has 2 aromatic rings. The molecular weight excluding hydrogens is 264 g/mol. The lowest BCUT2D eigenvalue weighted by molar-refractivity contribution is -0.143. The number of aliphatic carboxylic acids is 1. The minimum atomic E-state index is -0.713. The molecule has 1 aromatic carbocycles. The third-order valence-electron chi connectivity index (χ3n) is 4.36. The minimum Gasteiger partial charge on any atom is -0.480 e. The summed E-state index contributed by atoms with van der Waals surface area (Å²) >= 11 is 0. The summed E-state index contributed by atoms with van der Waals surface area (Å²) in [6, 6.07) is 9.75. The summed E-state index contributed by atoms with van der Waals surface area (Å²) in [6.07, 6.45) is 0.943. The molecule has 0 spiro atoms. The van der Waals surface area contributed by atoms with Gasteiger partial charge in [0.05, 0.1) is 5.52 Å². The molecule has 0 aliphatic carbocycles. The Morgan fingerprint density at radius 2 is 2.19 bits per heavy atom. The van der Waals surface area contributed by atoms with Crippen LogP contribution in [-0.2, 0) is 11.3 Å². The second-order valence-electron chi connectivity index (χ2n) is 5.96. The van der Waals surface area contributed by atoms with E-state index in [2.05, 4.69) is 22.0 Å². The van der Waals surface area contributed by atoms with Crippen LogP contribution in [0.5, 0.6) is 0 Å². The Morgan fingerprint density at radius 1 is 1.43 bits per heavy atom. The maximum atomic E-state index is 11.5. The average Bonchev–Trinajstić information content (AvgIpc) is 2.79. The van der Waals surface area contributed by atoms with E-state index in [0.29, 0.717) is 6.54 Å². The number of pyridine rings is 1. The highest BCUT2D eigenvalue weighted by Crippen LogP contribution is 2.28. The normalized spacial score (nSPS) is 22.8. The van der Waals surface area contributed by atoms with Crippen LogP contribution in [0.4, 0.5) is 0 Å². The number of aromatic nitrogens is 1. The molecule has 110 valence electrons. The standard InChI is InChI=1S/C17H20N2O2/c1-11-7-8-19(16(11)17(20)21)10-13-9-12(2)18-15-6-4-3-5-14(13)15/h3-6,9,11,16H,7-8,10H2,1-2H3,(H,20,21). The quantitative estimate of drug-likeness (QED) is 0.941. The molecular formula is C17H20N2O2. The van der Waals surface area contributed by atoms with Crippen molar-refractivity contribution in [2.24, 2.45) is 5.92 Å². The van der Waals surface area contributed by atoms with Crippen LogP contribution in [0.25, 0.3) is 10.9 Å². The van der Waals surface area contributed by atoms with Gasteiger partial charge < -0.3 is 5.11 Å². The van der Waals surface area contributed by atoms with Crippen molar-refractivity contribution in [1.29, 1.82) is 0 Å². The van der Waals surface area contributed by atoms with Crippen LogP contribution in [0.1, 0.15) is 24.6 Å². The smallest absolute Gasteiger partial charge is 0.321 e. The summed E-state index contributed by atoms with van der Waals surface area (Å²) in [7, 11) is 0. The van der Waals surface area contributed by atoms with Crippen molar-refractivity contribution in [3.63, 3.8) is 0 Å². The van der Waals surface area contributed by atoms with Gasteiger partial charge in [-0.15, -0.1) is 0 Å². The molecule has 0 saturated carbocycles. The van der Waals surface area contributed by atoms with Gasteiger partial charge in [-0.3, -0.25) is 14.7 Å². The van der Waals surface area contributed by atoms with Gasteiger partial charge in [-0.2, -0.15) is 0 Å². The second-order valence-corrected chi connectivity index (χ2v) is 5.96. The number of aryl methyl sites for hydroxylation is 1. The first-order valence-electron chi connectivity index (χ1n) is 7.38. The molecule has 2 atom stereocenters. The molecule has 0 radical (unpaired) electrons. The van der Waals surface area contributed by atoms with Crippen LogP contribution in [0.3, 0.4) is 0 Å². The third kappa shape index (κ3) is 2.63. The number of likely N-dealkylation sites (tertiary alicyclic amines) is 1. The predicted molar refractivity (Wildman–Crippen MR) is 82.1 cm³/mol. The molecule has 4 heteroatoms. The molecule has 1 N–H and O–H groups in total. The largest absolute Gasteiger partial charge is 0.480 e. The molecule has 21 heavy (non-hydrogen) atoms. The SMILES string of the molecule is Cc1cc(CN2CCC(C)C2C(=O)O)c2ccccc2n1. The molecule has 0 bridgehead atoms. The van der Waals surface area contributed by atoms with Gasteiger partial charge in [0.25, 0.3) is 0 Å². The Labute approximate surface area is 124 Å². The first kappa shape index (κ1) is 14.0. The van der Waals surface area contributed by atoms with Crippen molar-refractivity contribution >= 4 is 16.9 Å². The number of para-hydroxylation sites is 1. The molecule has 0 amide bonds. The van der Waals surface area contributed by atoms with Gasteiger partial charge in [-0.05, 0) is 43.5 Å². The number of carboxylic acids is 1. The van der Waals surface area contributed by atoms with E-state index in [0.717, 1.165) is 29.6 Å². The second kappa shape index (κ2) is 5.45. The van der Waals surface area contributed by atoms with E-state index in [-0.39, 0.29) is 12.0 Å². The van der Waals surface area contributed by atoms with Crippen molar-refractivity contribution in [2.45, 2.75) is 32.9 Å². The van der Waals surface area contributed by atoms with E-state index in [1.165, 1.54) is 5.56 Å². The van der Waals surface area contributed by atoms with Crippen LogP contribution >= 0.6 is 0 Å². The number of carbonyl (C=O) groups is 1. The number of hydrogen-bond acceptors (Lipinski definition) is 3. The van der Waals surface area contributed by atoms with E-state index in [9.17, 15) is 9.90 Å². The lowest BCUT2D eigenvalue weighted by atomic mass is 10.0. The lowest BCUT2D eigenvalue weighted by Gasteiger charge is -2.23. The number of carboxylic acid groups (broad SMARTS) is 1. The fourth-order valence-electron chi connectivity index (χ4n) is 3.35. The summed E-state index contributed by atoms with van der Waals surface area (Å²) in [6.45, 7) is 5.52. The van der Waals surface area contributed by atoms with E-state index in [1.54, 1.807) is 0 Å². The fraction of sp³-hybridized carbons (Fsp3) is 0.412. The number of fused-ring (bicyclic) bond motifs is 1. The predicted octanol–water partition coefficient (Wildman–Crippen LogP) is 2.84. The van der Waals surface area contributed by atoms with Gasteiger partial charge in [0, 0.05) is 17.6 Å². The van der Waals surface area contributed by atoms with Crippen molar-refractivity contribution < 1.29 is 9.90 Å². The maximum Gasteiger partial charge on any atom is 0.321 e. The number of rotatable bonds is 3. The van der Waals surface area contributed by atoms with E-state index in [4.69, 9.17) is 0 Å². The van der Waals surface area contributed by atoms with Crippen molar-refractivity contribution in [3.8, 4) is 0 Å². The van der Waals surface area contributed by atoms with Gasteiger partial charge in [-0.25, -0.2) is 0 Å². The zero-order chi connectivity index (χ0) is 15.0. The molecule has 1 aliphatic rings. The topological polar surface area (TPSA) is 53.4 Å². The molecule has 2 unspecified atom stereocenters. The fourth-order valence-corrected chi connectivity index (χ4v) is 3.35. The molecule has 3 rings (SSSR count). The zero-order valence-corrected chi connectivity index (χ0v) is 12.4. The van der Waals surface area contributed by atoms with Crippen molar-refractivity contribution in [1.82, 2.24) is 9.88 Å². The van der Waals surface area contributed by atoms with Crippen LogP contribution < -0.4 is 0 Å². The number of nitrogens with zero attached hydrogens (tertiary/aromatic N) is 2. The summed E-state index contributed by atoms with van der Waals surface area (Å²) in [5.74, 6) is -0.508. The van der Waals surface area contributed by atoms with Gasteiger partial charge in [0.2, 0.25) is 0 Å². The van der Waals surface area contributed by atoms with E-state index < -0.39 is 5.97 Å². The van der Waals surface area contributed by atoms with Crippen LogP contribution in [0, 0.1) is 12.8 Å². The zero-order valence-electron chi connectivity index (χ0n) is 12.4. The average molecular weight is 284 g/mol. The highest BCUT2D eigenvalue weighted by molar-refractivity contribution is 5.82. The van der Waals surface area contributed by atoms with Gasteiger partial charge in [0.15, 0.2) is 0 Å². The van der Waals surface area contributed by atoms with Crippen LogP contribution in [0.15, 0.2) is 30.3 Å².